The minimum Gasteiger partial charge on any atom is -0.491 e. The van der Waals surface area contributed by atoms with Crippen LogP contribution in [-0.4, -0.2) is 46.4 Å². The Hall–Kier alpha value is -3.26. The molecule has 0 saturated heterocycles. The van der Waals surface area contributed by atoms with E-state index in [1.807, 2.05) is 55.5 Å². The van der Waals surface area contributed by atoms with Crippen LogP contribution in [0.1, 0.15) is 5.56 Å². The summed E-state index contributed by atoms with van der Waals surface area (Å²) in [6.45, 7) is 2.33. The number of hydrogen-bond acceptors (Lipinski definition) is 5. The van der Waals surface area contributed by atoms with Gasteiger partial charge in [-0.3, -0.25) is 9.10 Å². The Balaban J connectivity index is 1.39. The Bertz CT molecular complexity index is 1220. The van der Waals surface area contributed by atoms with Crippen molar-refractivity contribution >= 4 is 32.4 Å². The maximum atomic E-state index is 12.7. The first kappa shape index (κ1) is 21.0. The summed E-state index contributed by atoms with van der Waals surface area (Å²) in [7, 11) is -3.56. The first-order valence-electron chi connectivity index (χ1n) is 9.96. The summed E-state index contributed by atoms with van der Waals surface area (Å²) < 4.78 is 37.4. The lowest BCUT2D eigenvalue weighted by Gasteiger charge is -2.34. The highest BCUT2D eigenvalue weighted by molar-refractivity contribution is 7.92. The average Bonchev–Trinajstić information content (AvgIpc) is 2.75. The van der Waals surface area contributed by atoms with E-state index in [0.717, 1.165) is 28.3 Å². The average molecular weight is 441 g/mol. The van der Waals surface area contributed by atoms with Gasteiger partial charge in [0.1, 0.15) is 18.1 Å². The molecule has 0 radical (unpaired) electrons. The third-order valence-electron chi connectivity index (χ3n) is 5.09. The van der Waals surface area contributed by atoms with Crippen molar-refractivity contribution in [3.8, 4) is 11.5 Å². The van der Waals surface area contributed by atoms with Crippen molar-refractivity contribution in [2.75, 3.05) is 30.3 Å². The topological polar surface area (TPSA) is 84.9 Å². The van der Waals surface area contributed by atoms with Crippen LogP contribution >= 0.6 is 0 Å². The number of anilines is 1. The lowest BCUT2D eigenvalue weighted by molar-refractivity contribution is -0.127. The Morgan fingerprint density at radius 2 is 1.94 bits per heavy atom. The molecule has 0 fully saturated rings. The van der Waals surface area contributed by atoms with E-state index in [2.05, 4.69) is 5.32 Å². The van der Waals surface area contributed by atoms with Crippen molar-refractivity contribution in [2.45, 2.75) is 13.0 Å². The van der Waals surface area contributed by atoms with Gasteiger partial charge in [-0.25, -0.2) is 8.42 Å². The number of benzene rings is 3. The van der Waals surface area contributed by atoms with Gasteiger partial charge in [0.2, 0.25) is 10.0 Å². The molecule has 4 rings (SSSR count). The van der Waals surface area contributed by atoms with E-state index in [1.165, 1.54) is 4.31 Å². The molecular formula is C23H24N2O5S. The molecule has 0 aromatic heterocycles. The zero-order chi connectivity index (χ0) is 22.0. The van der Waals surface area contributed by atoms with Crippen LogP contribution in [0.3, 0.4) is 0 Å². The molecule has 1 aliphatic heterocycles. The van der Waals surface area contributed by atoms with Gasteiger partial charge in [-0.1, -0.05) is 42.5 Å². The molecule has 0 bridgehead atoms. The van der Waals surface area contributed by atoms with E-state index in [0.29, 0.717) is 11.4 Å². The fourth-order valence-electron chi connectivity index (χ4n) is 3.58. The second-order valence-electron chi connectivity index (χ2n) is 7.49. The molecule has 162 valence electrons. The Kier molecular flexibility index (Phi) is 5.73. The normalized spacial score (nSPS) is 15.8. The maximum Gasteiger partial charge on any atom is 0.263 e. The second-order valence-corrected chi connectivity index (χ2v) is 9.40. The van der Waals surface area contributed by atoms with Crippen molar-refractivity contribution in [1.82, 2.24) is 5.32 Å². The number of hydrogen-bond donors (Lipinski definition) is 1. The number of fused-ring (bicyclic) bond motifs is 2. The molecule has 1 unspecified atom stereocenters. The van der Waals surface area contributed by atoms with Crippen LogP contribution in [0.15, 0.2) is 60.7 Å². The van der Waals surface area contributed by atoms with Crippen molar-refractivity contribution in [2.24, 2.45) is 0 Å². The van der Waals surface area contributed by atoms with Gasteiger partial charge in [-0.15, -0.1) is 0 Å². The molecule has 0 aliphatic carbocycles. The second kappa shape index (κ2) is 8.47. The molecule has 1 N–H and O–H groups in total. The van der Waals surface area contributed by atoms with Gasteiger partial charge in [0.05, 0.1) is 25.0 Å². The molecule has 3 aromatic carbocycles. The highest BCUT2D eigenvalue weighted by Crippen LogP contribution is 2.35. The molecule has 1 heterocycles. The molecule has 0 saturated carbocycles. The maximum absolute atomic E-state index is 12.7. The Labute approximate surface area is 181 Å². The number of carbonyl (C=O) groups is 1. The molecule has 0 spiro atoms. The minimum absolute atomic E-state index is 0.0781. The predicted molar refractivity (Wildman–Crippen MR) is 120 cm³/mol. The van der Waals surface area contributed by atoms with E-state index in [9.17, 15) is 13.2 Å². The Morgan fingerprint density at radius 3 is 2.74 bits per heavy atom. The fraction of sp³-hybridized carbons (Fsp3) is 0.261. The summed E-state index contributed by atoms with van der Waals surface area (Å²) in [6.07, 6.45) is 0.180. The Morgan fingerprint density at radius 1 is 1.16 bits per heavy atom. The van der Waals surface area contributed by atoms with Gasteiger partial charge in [-0.2, -0.15) is 0 Å². The third-order valence-corrected chi connectivity index (χ3v) is 6.23. The number of aryl methyl sites for hydroxylation is 1. The van der Waals surface area contributed by atoms with E-state index in [4.69, 9.17) is 9.47 Å². The molecule has 3 aromatic rings. The van der Waals surface area contributed by atoms with Gasteiger partial charge in [0, 0.05) is 5.39 Å². The quantitative estimate of drug-likeness (QED) is 0.596. The molecule has 1 aliphatic rings. The van der Waals surface area contributed by atoms with Crippen LogP contribution in [0, 0.1) is 6.92 Å². The van der Waals surface area contributed by atoms with E-state index in [1.54, 1.807) is 12.1 Å². The molecule has 8 heteroatoms. The van der Waals surface area contributed by atoms with Crippen molar-refractivity contribution in [3.63, 3.8) is 0 Å². The van der Waals surface area contributed by atoms with Gasteiger partial charge in [-0.05, 0) is 36.1 Å². The minimum atomic E-state index is -3.56. The summed E-state index contributed by atoms with van der Waals surface area (Å²) in [5.74, 6) is 0.727. The molecule has 31 heavy (non-hydrogen) atoms. The number of carbonyl (C=O) groups excluding carboxylic acids is 1. The molecule has 1 amide bonds. The lowest BCUT2D eigenvalue weighted by Crippen LogP contribution is -2.51. The molecular weight excluding hydrogens is 416 g/mol. The zero-order valence-electron chi connectivity index (χ0n) is 17.4. The fourth-order valence-corrected chi connectivity index (χ4v) is 4.49. The van der Waals surface area contributed by atoms with E-state index < -0.39 is 16.1 Å². The first-order chi connectivity index (χ1) is 14.8. The van der Waals surface area contributed by atoms with Gasteiger partial charge >= 0.3 is 0 Å². The number of nitrogens with one attached hydrogen (secondary N) is 1. The zero-order valence-corrected chi connectivity index (χ0v) is 18.2. The van der Waals surface area contributed by atoms with E-state index in [-0.39, 0.29) is 25.6 Å². The highest BCUT2D eigenvalue weighted by Gasteiger charge is 2.34. The van der Waals surface area contributed by atoms with Crippen LogP contribution in [0.25, 0.3) is 10.8 Å². The van der Waals surface area contributed by atoms with Crippen LogP contribution in [0.4, 0.5) is 5.69 Å². The standard InChI is InChI=1S/C23H24N2O5S/c1-16-10-11-21-19(14-16)25(31(2,27)28)15-22(30-21)23(26)24-12-13-29-20-9-5-7-17-6-3-4-8-18(17)20/h3-11,14,22H,12-13,15H2,1-2H3,(H,24,26). The predicted octanol–water partition coefficient (Wildman–Crippen LogP) is 2.87. The summed E-state index contributed by atoms with van der Waals surface area (Å²) in [5, 5.41) is 4.86. The SMILES string of the molecule is Cc1ccc2c(c1)N(S(C)(=O)=O)CC(C(=O)NCCOc1cccc3ccccc13)O2. The monoisotopic (exact) mass is 440 g/mol. The van der Waals surface area contributed by atoms with Crippen molar-refractivity contribution < 1.29 is 22.7 Å². The number of nitrogens with zero attached hydrogens (tertiary/aromatic N) is 1. The third kappa shape index (κ3) is 4.59. The van der Waals surface area contributed by atoms with Crippen LogP contribution < -0.4 is 19.1 Å². The number of sulfonamides is 1. The summed E-state index contributed by atoms with van der Waals surface area (Å²) in [5.41, 5.74) is 1.36. The lowest BCUT2D eigenvalue weighted by atomic mass is 10.1. The van der Waals surface area contributed by atoms with Crippen LogP contribution in [0.5, 0.6) is 11.5 Å². The summed E-state index contributed by atoms with van der Waals surface area (Å²) >= 11 is 0. The van der Waals surface area contributed by atoms with Gasteiger partial charge in [0.15, 0.2) is 6.10 Å². The number of ether oxygens (including phenoxy) is 2. The van der Waals surface area contributed by atoms with Crippen molar-refractivity contribution in [1.29, 1.82) is 0 Å². The number of rotatable bonds is 6. The van der Waals surface area contributed by atoms with Crippen LogP contribution in [-0.2, 0) is 14.8 Å². The molecule has 1 atom stereocenters. The smallest absolute Gasteiger partial charge is 0.263 e. The first-order valence-corrected chi connectivity index (χ1v) is 11.8. The van der Waals surface area contributed by atoms with Gasteiger partial charge in [0.25, 0.3) is 5.91 Å². The number of amides is 1. The van der Waals surface area contributed by atoms with Crippen LogP contribution in [0.2, 0.25) is 0 Å². The summed E-state index contributed by atoms with van der Waals surface area (Å²) in [4.78, 5) is 12.7. The highest BCUT2D eigenvalue weighted by atomic mass is 32.2. The van der Waals surface area contributed by atoms with Crippen molar-refractivity contribution in [3.05, 3.63) is 66.2 Å². The van der Waals surface area contributed by atoms with Gasteiger partial charge < -0.3 is 14.8 Å². The molecule has 7 nitrogen and oxygen atoms in total. The van der Waals surface area contributed by atoms with E-state index >= 15 is 0 Å². The largest absolute Gasteiger partial charge is 0.491 e. The summed E-state index contributed by atoms with van der Waals surface area (Å²) in [6, 6.07) is 19.0.